The molecule has 0 unspecified atom stereocenters. The Morgan fingerprint density at radius 1 is 1.25 bits per heavy atom. The van der Waals surface area contributed by atoms with Gasteiger partial charge >= 0.3 is 0 Å². The zero-order chi connectivity index (χ0) is 11.9. The summed E-state index contributed by atoms with van der Waals surface area (Å²) in [5.74, 6) is 0. The number of benzene rings is 1. The largest absolute Gasteiger partial charge is 0.288 e. The summed E-state index contributed by atoms with van der Waals surface area (Å²) in [6, 6.07) is 2.13. The summed E-state index contributed by atoms with van der Waals surface area (Å²) >= 11 is 1.85. The van der Waals surface area contributed by atoms with Crippen molar-refractivity contribution in [1.82, 2.24) is 10.2 Å². The Balaban J connectivity index is 2.86. The zero-order valence-electron chi connectivity index (χ0n) is 7.51. The fourth-order valence-corrected chi connectivity index (χ4v) is 2.00. The first-order chi connectivity index (χ1) is 7.50. The lowest BCUT2D eigenvalue weighted by molar-refractivity contribution is -0.393. The molecule has 0 saturated heterocycles. The molecule has 0 bridgehead atoms. The van der Waals surface area contributed by atoms with E-state index >= 15 is 0 Å². The molecule has 8 nitrogen and oxygen atoms in total. The molecule has 0 fully saturated rings. The van der Waals surface area contributed by atoms with Gasteiger partial charge in [-0.15, -0.1) is 0 Å². The van der Waals surface area contributed by atoms with Gasteiger partial charge in [-0.3, -0.25) is 25.3 Å². The molecule has 0 aliphatic heterocycles. The number of hydrogen-bond acceptors (Lipinski definition) is 5. The predicted molar refractivity (Wildman–Crippen MR) is 62.1 cm³/mol. The first-order valence-electron chi connectivity index (χ1n) is 3.97. The van der Waals surface area contributed by atoms with E-state index in [1.807, 2.05) is 22.6 Å². The molecule has 0 aliphatic rings. The summed E-state index contributed by atoms with van der Waals surface area (Å²) in [6.07, 6.45) is 0. The molecule has 2 aromatic rings. The summed E-state index contributed by atoms with van der Waals surface area (Å²) in [4.78, 5) is 20.0. The van der Waals surface area contributed by atoms with Crippen molar-refractivity contribution in [1.29, 1.82) is 0 Å². The van der Waals surface area contributed by atoms with E-state index in [-0.39, 0.29) is 22.3 Å². The first kappa shape index (κ1) is 10.7. The quantitative estimate of drug-likeness (QED) is 0.512. The second-order valence-corrected chi connectivity index (χ2v) is 3.99. The van der Waals surface area contributed by atoms with Gasteiger partial charge in [-0.05, 0) is 22.6 Å². The van der Waals surface area contributed by atoms with Gasteiger partial charge in [0.25, 0.3) is 11.4 Å². The molecular weight excluding hydrogens is 331 g/mol. The summed E-state index contributed by atoms with van der Waals surface area (Å²) in [5, 5.41) is 27.9. The van der Waals surface area contributed by atoms with Crippen LogP contribution in [0.15, 0.2) is 12.1 Å². The smallest absolute Gasteiger partial charge is 0.271 e. The van der Waals surface area contributed by atoms with Crippen LogP contribution in [0.4, 0.5) is 11.4 Å². The van der Waals surface area contributed by atoms with Crippen LogP contribution in [0.2, 0.25) is 0 Å². The minimum Gasteiger partial charge on any atom is -0.271 e. The van der Waals surface area contributed by atoms with Crippen LogP contribution in [-0.2, 0) is 0 Å². The van der Waals surface area contributed by atoms with Gasteiger partial charge < -0.3 is 0 Å². The number of halogens is 1. The van der Waals surface area contributed by atoms with Gasteiger partial charge in [-0.1, -0.05) is 0 Å². The van der Waals surface area contributed by atoms with Gasteiger partial charge in [0.1, 0.15) is 14.6 Å². The van der Waals surface area contributed by atoms with Crippen LogP contribution in [0.25, 0.3) is 10.9 Å². The highest BCUT2D eigenvalue weighted by atomic mass is 127. The van der Waals surface area contributed by atoms with Gasteiger partial charge in [0.2, 0.25) is 0 Å². The molecule has 9 heteroatoms. The average Bonchev–Trinajstić information content (AvgIpc) is 2.59. The van der Waals surface area contributed by atoms with Crippen LogP contribution in [0, 0.1) is 23.9 Å². The van der Waals surface area contributed by atoms with Gasteiger partial charge in [0, 0.05) is 6.07 Å². The molecular formula is C7H3IN4O4. The number of rotatable bonds is 2. The highest BCUT2D eigenvalue weighted by Crippen LogP contribution is 2.32. The van der Waals surface area contributed by atoms with Gasteiger partial charge in [0.15, 0.2) is 0 Å². The Hall–Kier alpha value is -1.78. The monoisotopic (exact) mass is 334 g/mol. The maximum atomic E-state index is 10.8. The number of H-pyrrole nitrogens is 1. The maximum absolute atomic E-state index is 10.8. The Labute approximate surface area is 101 Å². The molecule has 1 aromatic heterocycles. The lowest BCUT2D eigenvalue weighted by atomic mass is 10.2. The van der Waals surface area contributed by atoms with E-state index in [2.05, 4.69) is 10.2 Å². The summed E-state index contributed by atoms with van der Waals surface area (Å²) < 4.78 is 0.481. The van der Waals surface area contributed by atoms with Crippen molar-refractivity contribution in [2.45, 2.75) is 0 Å². The number of nitro groups is 2. The van der Waals surface area contributed by atoms with Gasteiger partial charge in [0.05, 0.1) is 15.9 Å². The summed E-state index contributed by atoms with van der Waals surface area (Å²) in [6.45, 7) is 0. The molecule has 2 rings (SSSR count). The van der Waals surface area contributed by atoms with Crippen molar-refractivity contribution < 1.29 is 9.85 Å². The van der Waals surface area contributed by atoms with Crippen LogP contribution in [-0.4, -0.2) is 20.0 Å². The van der Waals surface area contributed by atoms with E-state index in [9.17, 15) is 20.2 Å². The molecule has 0 spiro atoms. The number of non-ortho nitro benzene ring substituents is 2. The van der Waals surface area contributed by atoms with Crippen molar-refractivity contribution in [3.05, 3.63) is 36.1 Å². The highest BCUT2D eigenvalue weighted by Gasteiger charge is 2.22. The summed E-state index contributed by atoms with van der Waals surface area (Å²) in [7, 11) is 0. The number of nitrogens with one attached hydrogen (secondary N) is 1. The van der Waals surface area contributed by atoms with Gasteiger partial charge in [-0.2, -0.15) is 5.10 Å². The minimum absolute atomic E-state index is 0.213. The zero-order valence-corrected chi connectivity index (χ0v) is 9.66. The van der Waals surface area contributed by atoms with Crippen molar-refractivity contribution in [2.24, 2.45) is 0 Å². The van der Waals surface area contributed by atoms with E-state index in [0.717, 1.165) is 6.07 Å². The second kappa shape index (κ2) is 3.66. The van der Waals surface area contributed by atoms with Crippen molar-refractivity contribution in [3.63, 3.8) is 0 Å². The Bertz CT molecular complexity index is 608. The van der Waals surface area contributed by atoms with Crippen LogP contribution >= 0.6 is 22.6 Å². The van der Waals surface area contributed by atoms with Gasteiger partial charge in [-0.25, -0.2) is 0 Å². The lowest BCUT2D eigenvalue weighted by Gasteiger charge is -1.94. The number of fused-ring (bicyclic) bond motifs is 1. The Kier molecular flexibility index (Phi) is 2.46. The molecule has 16 heavy (non-hydrogen) atoms. The number of nitrogens with zero attached hydrogens (tertiary/aromatic N) is 3. The molecule has 0 saturated carbocycles. The third kappa shape index (κ3) is 1.58. The van der Waals surface area contributed by atoms with E-state index in [1.54, 1.807) is 0 Å². The number of hydrogen-bond donors (Lipinski definition) is 1. The molecule has 1 aromatic carbocycles. The van der Waals surface area contributed by atoms with Crippen molar-refractivity contribution in [2.75, 3.05) is 0 Å². The first-order valence-corrected chi connectivity index (χ1v) is 5.05. The standard InChI is InChI=1S/C7H3IN4O4/c8-7-6-4(9-10-7)1-3(11(13)14)2-5(6)12(15)16/h1-2H,(H,9,10). The second-order valence-electron chi connectivity index (χ2n) is 2.91. The van der Waals surface area contributed by atoms with E-state index < -0.39 is 9.85 Å². The minimum atomic E-state index is -0.687. The highest BCUT2D eigenvalue weighted by molar-refractivity contribution is 14.1. The fraction of sp³-hybridized carbons (Fsp3) is 0. The fourth-order valence-electron chi connectivity index (χ4n) is 1.33. The normalized spacial score (nSPS) is 10.6. The molecule has 1 N–H and O–H groups in total. The van der Waals surface area contributed by atoms with Crippen molar-refractivity contribution >= 4 is 44.9 Å². The summed E-state index contributed by atoms with van der Waals surface area (Å²) in [5.41, 5.74) is -0.449. The molecule has 0 aliphatic carbocycles. The predicted octanol–water partition coefficient (Wildman–Crippen LogP) is 1.98. The number of aromatic amines is 1. The maximum Gasteiger partial charge on any atom is 0.288 e. The molecule has 0 amide bonds. The van der Waals surface area contributed by atoms with Crippen LogP contribution in [0.1, 0.15) is 0 Å². The molecule has 82 valence electrons. The van der Waals surface area contributed by atoms with E-state index in [1.165, 1.54) is 6.07 Å². The number of nitro benzene ring substituents is 2. The van der Waals surface area contributed by atoms with Crippen molar-refractivity contribution in [3.8, 4) is 0 Å². The SMILES string of the molecule is O=[N+]([O-])c1cc([N+](=O)[O-])c2c(I)[nH]nc2c1. The molecule has 0 radical (unpaired) electrons. The van der Waals surface area contributed by atoms with E-state index in [4.69, 9.17) is 0 Å². The van der Waals surface area contributed by atoms with E-state index in [0.29, 0.717) is 3.70 Å². The average molecular weight is 334 g/mol. The molecule has 1 heterocycles. The third-order valence-electron chi connectivity index (χ3n) is 1.98. The number of aromatic nitrogens is 2. The molecule has 0 atom stereocenters. The Morgan fingerprint density at radius 3 is 2.50 bits per heavy atom. The topological polar surface area (TPSA) is 115 Å². The third-order valence-corrected chi connectivity index (χ3v) is 2.76. The van der Waals surface area contributed by atoms with Crippen LogP contribution in [0.3, 0.4) is 0 Å². The van der Waals surface area contributed by atoms with Crippen LogP contribution < -0.4 is 0 Å². The Morgan fingerprint density at radius 2 is 1.94 bits per heavy atom. The van der Waals surface area contributed by atoms with Crippen LogP contribution in [0.5, 0.6) is 0 Å². The lowest BCUT2D eigenvalue weighted by Crippen LogP contribution is -1.93.